The van der Waals surface area contributed by atoms with Crippen molar-refractivity contribution in [2.24, 2.45) is 0 Å². The molecule has 0 saturated carbocycles. The minimum absolute atomic E-state index is 0.376. The fourth-order valence-corrected chi connectivity index (χ4v) is 4.00. The van der Waals surface area contributed by atoms with Gasteiger partial charge in [0.2, 0.25) is 0 Å². The maximum absolute atomic E-state index is 16.1. The van der Waals surface area contributed by atoms with E-state index in [1.807, 2.05) is 55.8 Å². The van der Waals surface area contributed by atoms with Crippen LogP contribution < -0.4 is 0 Å². The number of halogens is 1. The van der Waals surface area contributed by atoms with Gasteiger partial charge >= 0.3 is 0 Å². The Morgan fingerprint density at radius 1 is 0.906 bits per heavy atom. The molecule has 3 nitrogen and oxygen atoms in total. The molecule has 2 aromatic heterocycles. The first-order valence-electron chi connectivity index (χ1n) is 11.7. The Bertz CT molecular complexity index is 1190. The van der Waals surface area contributed by atoms with Gasteiger partial charge in [0.15, 0.2) is 0 Å². The van der Waals surface area contributed by atoms with Crippen LogP contribution in [0.3, 0.4) is 0 Å². The van der Waals surface area contributed by atoms with E-state index in [0.717, 1.165) is 39.2 Å². The maximum atomic E-state index is 16.1. The molecular formula is C28H36FN3. The quantitative estimate of drug-likeness (QED) is 0.311. The van der Waals surface area contributed by atoms with E-state index in [0.29, 0.717) is 12.1 Å². The zero-order valence-corrected chi connectivity index (χ0v) is 20.5. The number of hydrogen-bond acceptors (Lipinski definition) is 1. The normalized spacial score (nSPS) is 13.0. The van der Waals surface area contributed by atoms with E-state index in [9.17, 15) is 0 Å². The number of aromatic nitrogens is 3. The summed E-state index contributed by atoms with van der Waals surface area (Å²) in [6.45, 7) is 14.0. The van der Waals surface area contributed by atoms with Crippen molar-refractivity contribution in [3.8, 4) is 11.4 Å². The Hall–Kier alpha value is -2.88. The Morgan fingerprint density at radius 2 is 1.53 bits per heavy atom. The molecule has 4 aromatic rings. The lowest BCUT2D eigenvalue weighted by Gasteiger charge is -2.24. The molecule has 2 heterocycles. The first-order chi connectivity index (χ1) is 15.3. The number of unbranched alkanes of at least 4 members (excludes halogenated alkanes) is 1. The lowest BCUT2D eigenvalue weighted by atomic mass is 9.98. The molecule has 0 radical (unpaired) electrons. The molecule has 170 valence electrons. The van der Waals surface area contributed by atoms with Crippen molar-refractivity contribution in [3.63, 3.8) is 0 Å². The molecule has 1 atom stereocenters. The molecule has 0 N–H and O–H groups in total. The van der Waals surface area contributed by atoms with Crippen LogP contribution in [0.5, 0.6) is 0 Å². The molecule has 4 heteroatoms. The highest BCUT2D eigenvalue weighted by Gasteiger charge is 2.35. The van der Waals surface area contributed by atoms with Crippen LogP contribution >= 0.6 is 0 Å². The minimum Gasteiger partial charge on any atom is -0.308 e. The molecule has 0 aliphatic rings. The lowest BCUT2D eigenvalue weighted by molar-refractivity contribution is 0.176. The monoisotopic (exact) mass is 433 g/mol. The molecule has 0 amide bonds. The van der Waals surface area contributed by atoms with Gasteiger partial charge in [-0.05, 0) is 57.9 Å². The summed E-state index contributed by atoms with van der Waals surface area (Å²) in [5.41, 5.74) is 4.99. The van der Waals surface area contributed by atoms with Crippen molar-refractivity contribution >= 4 is 10.9 Å². The highest BCUT2D eigenvalue weighted by molar-refractivity contribution is 5.93. The fraction of sp³-hybridized carbons (Fsp3) is 0.393. The van der Waals surface area contributed by atoms with E-state index in [2.05, 4.69) is 49.6 Å². The summed E-state index contributed by atoms with van der Waals surface area (Å²) in [6.07, 6.45) is 3.02. The Morgan fingerprint density at radius 3 is 2.09 bits per heavy atom. The number of hydrogen-bond donors (Lipinski definition) is 0. The summed E-state index contributed by atoms with van der Waals surface area (Å²) in [5.74, 6) is 0. The largest absolute Gasteiger partial charge is 0.308 e. The van der Waals surface area contributed by atoms with Gasteiger partial charge in [-0.15, -0.1) is 0 Å². The highest BCUT2D eigenvalue weighted by Crippen LogP contribution is 2.42. The summed E-state index contributed by atoms with van der Waals surface area (Å²) >= 11 is 0. The smallest absolute Gasteiger partial charge is 0.150 e. The predicted molar refractivity (Wildman–Crippen MR) is 134 cm³/mol. The average molecular weight is 434 g/mol. The second-order valence-electron chi connectivity index (χ2n) is 8.73. The number of nitrogens with zero attached hydrogens (tertiary/aromatic N) is 3. The van der Waals surface area contributed by atoms with Gasteiger partial charge in [0.1, 0.15) is 5.67 Å². The van der Waals surface area contributed by atoms with Gasteiger partial charge < -0.3 is 4.57 Å². The van der Waals surface area contributed by atoms with Gasteiger partial charge in [0.05, 0.1) is 22.6 Å². The first kappa shape index (κ1) is 23.8. The van der Waals surface area contributed by atoms with Gasteiger partial charge in [-0.25, -0.2) is 9.07 Å². The second-order valence-corrected chi connectivity index (χ2v) is 8.73. The summed E-state index contributed by atoms with van der Waals surface area (Å²) in [4.78, 5) is 0. The summed E-state index contributed by atoms with van der Waals surface area (Å²) in [6, 6.07) is 18.3. The number of para-hydroxylation sites is 2. The van der Waals surface area contributed by atoms with E-state index >= 15 is 4.39 Å². The van der Waals surface area contributed by atoms with Gasteiger partial charge in [-0.2, -0.15) is 5.10 Å². The number of rotatable bonds is 5. The molecule has 0 bridgehead atoms. The van der Waals surface area contributed by atoms with Crippen LogP contribution in [0.1, 0.15) is 69.6 Å². The van der Waals surface area contributed by atoms with Gasteiger partial charge in [0, 0.05) is 16.8 Å². The summed E-state index contributed by atoms with van der Waals surface area (Å²) in [5, 5.41) is 5.71. The van der Waals surface area contributed by atoms with Gasteiger partial charge in [-0.1, -0.05) is 70.0 Å². The van der Waals surface area contributed by atoms with Crippen molar-refractivity contribution < 1.29 is 4.39 Å². The van der Waals surface area contributed by atoms with Crippen molar-refractivity contribution in [2.75, 3.05) is 0 Å². The number of benzene rings is 2. The Balaban J connectivity index is 0.000000668. The third-order valence-electron chi connectivity index (χ3n) is 6.08. The Kier molecular flexibility index (Phi) is 7.22. The predicted octanol–water partition coefficient (Wildman–Crippen LogP) is 8.14. The zero-order valence-electron chi connectivity index (χ0n) is 20.5. The van der Waals surface area contributed by atoms with Crippen LogP contribution in [0.4, 0.5) is 4.39 Å². The van der Waals surface area contributed by atoms with E-state index in [1.165, 1.54) is 12.8 Å². The van der Waals surface area contributed by atoms with Crippen molar-refractivity contribution in [1.29, 1.82) is 0 Å². The fourth-order valence-electron chi connectivity index (χ4n) is 4.00. The van der Waals surface area contributed by atoms with E-state index in [1.54, 1.807) is 6.92 Å². The minimum atomic E-state index is -1.51. The summed E-state index contributed by atoms with van der Waals surface area (Å²) in [7, 11) is 0. The molecule has 2 aromatic carbocycles. The third-order valence-corrected chi connectivity index (χ3v) is 6.08. The average Bonchev–Trinajstić information content (AvgIpc) is 3.30. The molecule has 32 heavy (non-hydrogen) atoms. The second kappa shape index (κ2) is 9.72. The van der Waals surface area contributed by atoms with Crippen LogP contribution in [-0.4, -0.2) is 14.3 Å². The topological polar surface area (TPSA) is 22.8 Å². The molecule has 1 unspecified atom stereocenters. The third kappa shape index (κ3) is 4.36. The molecular weight excluding hydrogens is 397 g/mol. The molecule has 0 aliphatic carbocycles. The van der Waals surface area contributed by atoms with Crippen molar-refractivity contribution in [3.05, 3.63) is 77.2 Å². The molecule has 4 rings (SSSR count). The van der Waals surface area contributed by atoms with Crippen LogP contribution in [-0.2, 0) is 5.67 Å². The van der Waals surface area contributed by atoms with Gasteiger partial charge in [-0.3, -0.25) is 0 Å². The maximum Gasteiger partial charge on any atom is 0.150 e. The van der Waals surface area contributed by atoms with Crippen LogP contribution in [0.2, 0.25) is 0 Å². The van der Waals surface area contributed by atoms with E-state index in [4.69, 9.17) is 5.10 Å². The number of fused-ring (bicyclic) bond motifs is 1. The van der Waals surface area contributed by atoms with Crippen LogP contribution in [0.15, 0.2) is 54.6 Å². The van der Waals surface area contributed by atoms with E-state index < -0.39 is 5.67 Å². The summed E-state index contributed by atoms with van der Waals surface area (Å²) < 4.78 is 20.1. The van der Waals surface area contributed by atoms with Crippen LogP contribution in [0.25, 0.3) is 22.3 Å². The van der Waals surface area contributed by atoms with E-state index in [-0.39, 0.29) is 0 Å². The molecule has 0 aliphatic heterocycles. The number of alkyl halides is 1. The van der Waals surface area contributed by atoms with Crippen molar-refractivity contribution in [1.82, 2.24) is 14.3 Å². The molecule has 0 fully saturated rings. The molecule has 0 spiro atoms. The molecule has 0 saturated heterocycles. The lowest BCUT2D eigenvalue weighted by Crippen LogP contribution is -2.22. The highest BCUT2D eigenvalue weighted by atomic mass is 19.1. The SMILES string of the molecule is CCC(C)(F)c1c(-n2nc(C)cc2C)c2ccccc2n1-c1ccccc1C.CCCC. The Labute approximate surface area is 191 Å². The standard InChI is InChI=1S/C24H26FN3.C4H10/c1-6-24(5,25)23-22(28-18(4)15-17(3)26-28)19-12-8-10-14-21(19)27(23)20-13-9-7-11-16(20)2;1-3-4-2/h7-15H,6H2,1-5H3;3-4H2,1-2H3. The zero-order chi connectivity index (χ0) is 23.5. The van der Waals surface area contributed by atoms with Crippen molar-refractivity contribution in [2.45, 2.75) is 73.4 Å². The van der Waals surface area contributed by atoms with Crippen LogP contribution in [0, 0.1) is 20.8 Å². The number of aryl methyl sites for hydroxylation is 3. The first-order valence-corrected chi connectivity index (χ1v) is 11.7. The van der Waals surface area contributed by atoms with Gasteiger partial charge in [0.25, 0.3) is 0 Å².